The van der Waals surface area contributed by atoms with Gasteiger partial charge in [0.15, 0.2) is 5.65 Å². The molecule has 4 heterocycles. The fourth-order valence-corrected chi connectivity index (χ4v) is 3.90. The molecule has 0 spiro atoms. The molecule has 3 aromatic heterocycles. The summed E-state index contributed by atoms with van der Waals surface area (Å²) in [5.74, 6) is -0.0581. The lowest BCUT2D eigenvalue weighted by Gasteiger charge is -2.34. The highest BCUT2D eigenvalue weighted by Gasteiger charge is 2.31. The lowest BCUT2D eigenvalue weighted by atomic mass is 9.99. The average molecular weight is 357 g/mol. The zero-order valence-electron chi connectivity index (χ0n) is 14.2. The lowest BCUT2D eigenvalue weighted by Crippen LogP contribution is -2.39. The molecule has 3 aromatic rings. The Bertz CT molecular complexity index is 989. The molecule has 0 aromatic carbocycles. The summed E-state index contributed by atoms with van der Waals surface area (Å²) in [5.41, 5.74) is 4.86. The van der Waals surface area contributed by atoms with E-state index in [1.54, 1.807) is 17.8 Å². The van der Waals surface area contributed by atoms with Crippen molar-refractivity contribution in [1.82, 2.24) is 24.5 Å². The highest BCUT2D eigenvalue weighted by molar-refractivity contribution is 7.07. The number of carbonyl (C=O) groups excluding carboxylic acids is 1. The molecule has 1 atom stereocenters. The number of carbonyl (C=O) groups is 1. The Morgan fingerprint density at radius 3 is 2.96 bits per heavy atom. The number of fused-ring (bicyclic) bond motifs is 1. The lowest BCUT2D eigenvalue weighted by molar-refractivity contribution is 0.0600. The first-order chi connectivity index (χ1) is 12.1. The number of rotatable bonds is 2. The summed E-state index contributed by atoms with van der Waals surface area (Å²) < 4.78 is 1.47. The Balaban J connectivity index is 1.76. The van der Waals surface area contributed by atoms with Gasteiger partial charge in [-0.05, 0) is 33.1 Å². The van der Waals surface area contributed by atoms with Gasteiger partial charge in [0.25, 0.3) is 11.5 Å². The number of aromatic nitrogens is 4. The predicted molar refractivity (Wildman–Crippen MR) is 95.0 cm³/mol. The third-order valence-corrected chi connectivity index (χ3v) is 5.46. The molecule has 0 aliphatic carbocycles. The molecular formula is C17H19N5O2S. The Hall–Kier alpha value is -2.48. The van der Waals surface area contributed by atoms with Crippen LogP contribution in [-0.2, 0) is 0 Å². The van der Waals surface area contributed by atoms with Crippen LogP contribution in [0.2, 0.25) is 0 Å². The van der Waals surface area contributed by atoms with Crippen molar-refractivity contribution in [3.8, 4) is 0 Å². The summed E-state index contributed by atoms with van der Waals surface area (Å²) in [6, 6.07) is 1.79. The van der Waals surface area contributed by atoms with E-state index in [0.717, 1.165) is 30.7 Å². The molecule has 25 heavy (non-hydrogen) atoms. The molecule has 8 heteroatoms. The van der Waals surface area contributed by atoms with Crippen molar-refractivity contribution in [3.05, 3.63) is 50.0 Å². The first kappa shape index (κ1) is 16.0. The van der Waals surface area contributed by atoms with Gasteiger partial charge in [-0.2, -0.15) is 0 Å². The van der Waals surface area contributed by atoms with Gasteiger partial charge in [0, 0.05) is 29.2 Å². The maximum atomic E-state index is 12.8. The largest absolute Gasteiger partial charge is 0.329 e. The van der Waals surface area contributed by atoms with Gasteiger partial charge in [-0.1, -0.05) is 0 Å². The number of hydrogen-bond acceptors (Lipinski definition) is 5. The Kier molecular flexibility index (Phi) is 3.91. The highest BCUT2D eigenvalue weighted by Crippen LogP contribution is 2.31. The summed E-state index contributed by atoms with van der Waals surface area (Å²) in [5, 5.41) is 4.94. The molecule has 1 aliphatic heterocycles. The number of amides is 1. The molecule has 0 saturated carbocycles. The molecule has 4 rings (SSSR count). The zero-order chi connectivity index (χ0) is 17.6. The van der Waals surface area contributed by atoms with E-state index >= 15 is 0 Å². The summed E-state index contributed by atoms with van der Waals surface area (Å²) in [6.07, 6.45) is 2.87. The van der Waals surface area contributed by atoms with Crippen LogP contribution in [-0.4, -0.2) is 36.9 Å². The highest BCUT2D eigenvalue weighted by atomic mass is 32.1. The normalized spacial score (nSPS) is 18.0. The maximum absolute atomic E-state index is 12.8. The summed E-state index contributed by atoms with van der Waals surface area (Å²) in [6.45, 7) is 4.30. The molecule has 0 radical (unpaired) electrons. The third-order valence-electron chi connectivity index (χ3n) is 4.88. The first-order valence-electron chi connectivity index (χ1n) is 8.34. The monoisotopic (exact) mass is 357 g/mol. The van der Waals surface area contributed by atoms with E-state index < -0.39 is 0 Å². The molecule has 1 saturated heterocycles. The minimum Gasteiger partial charge on any atom is -0.329 e. The molecule has 130 valence electrons. The average Bonchev–Trinajstić information content (AvgIpc) is 3.29. The number of hydrogen-bond donors (Lipinski definition) is 1. The maximum Gasteiger partial charge on any atom is 0.275 e. The van der Waals surface area contributed by atoms with Crippen LogP contribution >= 0.6 is 11.3 Å². The van der Waals surface area contributed by atoms with Crippen LogP contribution in [0.1, 0.15) is 52.7 Å². The number of piperidine rings is 1. The smallest absolute Gasteiger partial charge is 0.275 e. The van der Waals surface area contributed by atoms with E-state index in [1.807, 2.05) is 17.9 Å². The Morgan fingerprint density at radius 2 is 2.20 bits per heavy atom. The molecule has 0 bridgehead atoms. The Labute approximate surface area is 148 Å². The van der Waals surface area contributed by atoms with Crippen molar-refractivity contribution in [2.45, 2.75) is 39.2 Å². The van der Waals surface area contributed by atoms with Crippen molar-refractivity contribution in [2.24, 2.45) is 0 Å². The molecule has 1 aliphatic rings. The predicted octanol–water partition coefficient (Wildman–Crippen LogP) is 2.46. The Morgan fingerprint density at radius 1 is 1.36 bits per heavy atom. The number of thiazole rings is 1. The molecule has 1 amide bonds. The van der Waals surface area contributed by atoms with Gasteiger partial charge >= 0.3 is 0 Å². The van der Waals surface area contributed by atoms with Crippen molar-refractivity contribution in [2.75, 3.05) is 6.54 Å². The topological polar surface area (TPSA) is 83.4 Å². The van der Waals surface area contributed by atoms with Crippen LogP contribution in [0.25, 0.3) is 5.65 Å². The molecule has 1 N–H and O–H groups in total. The van der Waals surface area contributed by atoms with Crippen molar-refractivity contribution >= 4 is 22.9 Å². The third kappa shape index (κ3) is 2.66. The standard InChI is InChI=1S/C17H19N5O2S/c1-10-11(2)19-15-7-12(20-22(15)16(10)23)14-5-3-4-6-21(14)17(24)13-8-25-9-18-13/h7-9,14,20H,3-6H2,1-2H3/t14-/m1/s1. The van der Waals surface area contributed by atoms with Gasteiger partial charge in [-0.25, -0.2) is 14.5 Å². The molecule has 0 unspecified atom stereocenters. The van der Waals surface area contributed by atoms with Crippen LogP contribution in [0.15, 0.2) is 21.8 Å². The SMILES string of the molecule is Cc1nc2cc([C@H]3CCCCN3C(=O)c3cscn3)[nH]n2c(=O)c1C. The van der Waals surface area contributed by atoms with E-state index in [2.05, 4.69) is 15.1 Å². The molecule has 7 nitrogen and oxygen atoms in total. The van der Waals surface area contributed by atoms with Gasteiger partial charge in [-0.3, -0.25) is 14.7 Å². The van der Waals surface area contributed by atoms with Crippen molar-refractivity contribution < 1.29 is 4.79 Å². The summed E-state index contributed by atoms with van der Waals surface area (Å²) >= 11 is 1.42. The van der Waals surface area contributed by atoms with Crippen molar-refractivity contribution in [1.29, 1.82) is 0 Å². The minimum atomic E-state index is -0.0954. The second-order valence-electron chi connectivity index (χ2n) is 6.42. The van der Waals surface area contributed by atoms with E-state index in [4.69, 9.17) is 0 Å². The minimum absolute atomic E-state index is 0.0581. The van der Waals surface area contributed by atoms with Gasteiger partial charge in [0.1, 0.15) is 5.69 Å². The number of aryl methyl sites for hydroxylation is 1. The van der Waals surface area contributed by atoms with Crippen LogP contribution in [0, 0.1) is 13.8 Å². The quantitative estimate of drug-likeness (QED) is 0.764. The summed E-state index contributed by atoms with van der Waals surface area (Å²) in [4.78, 5) is 35.8. The van der Waals surface area contributed by atoms with Gasteiger partial charge < -0.3 is 4.90 Å². The van der Waals surface area contributed by atoms with Gasteiger partial charge in [0.05, 0.1) is 17.2 Å². The van der Waals surface area contributed by atoms with E-state index in [-0.39, 0.29) is 17.5 Å². The van der Waals surface area contributed by atoms with E-state index in [0.29, 0.717) is 23.4 Å². The van der Waals surface area contributed by atoms with E-state index in [1.165, 1.54) is 15.9 Å². The number of likely N-dealkylation sites (tertiary alicyclic amines) is 1. The number of nitrogens with zero attached hydrogens (tertiary/aromatic N) is 4. The number of aromatic amines is 1. The van der Waals surface area contributed by atoms with Gasteiger partial charge in [0.2, 0.25) is 0 Å². The van der Waals surface area contributed by atoms with Gasteiger partial charge in [-0.15, -0.1) is 11.3 Å². The van der Waals surface area contributed by atoms with Crippen LogP contribution in [0.3, 0.4) is 0 Å². The fraction of sp³-hybridized carbons (Fsp3) is 0.412. The summed E-state index contributed by atoms with van der Waals surface area (Å²) in [7, 11) is 0. The molecule has 1 fully saturated rings. The van der Waals surface area contributed by atoms with E-state index in [9.17, 15) is 9.59 Å². The second-order valence-corrected chi connectivity index (χ2v) is 7.13. The van der Waals surface area contributed by atoms with Crippen molar-refractivity contribution in [3.63, 3.8) is 0 Å². The second kappa shape index (κ2) is 6.11. The molecular weight excluding hydrogens is 338 g/mol. The van der Waals surface area contributed by atoms with Crippen LogP contribution in [0.5, 0.6) is 0 Å². The number of H-pyrrole nitrogens is 1. The number of nitrogens with one attached hydrogen (secondary N) is 1. The van der Waals surface area contributed by atoms with Crippen LogP contribution < -0.4 is 5.56 Å². The zero-order valence-corrected chi connectivity index (χ0v) is 15.0. The van der Waals surface area contributed by atoms with Crippen LogP contribution in [0.4, 0.5) is 0 Å². The fourth-order valence-electron chi connectivity index (χ4n) is 3.37. The first-order valence-corrected chi connectivity index (χ1v) is 9.28.